The molecule has 1 rings (SSSR count). The highest BCUT2D eigenvalue weighted by Gasteiger charge is 2.14. The fourth-order valence-electron chi connectivity index (χ4n) is 1.97. The van der Waals surface area contributed by atoms with Gasteiger partial charge in [0.1, 0.15) is 5.75 Å². The van der Waals surface area contributed by atoms with Gasteiger partial charge >= 0.3 is 0 Å². The van der Waals surface area contributed by atoms with Crippen molar-refractivity contribution in [2.45, 2.75) is 39.3 Å². The lowest BCUT2D eigenvalue weighted by molar-refractivity contribution is 0.410. The SMILES string of the molecule is COc1ccc(C(N)CC(C)N)c(C)c1C. The minimum Gasteiger partial charge on any atom is -0.496 e. The molecule has 2 unspecified atom stereocenters. The number of benzene rings is 1. The fourth-order valence-corrected chi connectivity index (χ4v) is 1.97. The van der Waals surface area contributed by atoms with E-state index in [0.717, 1.165) is 23.3 Å². The van der Waals surface area contributed by atoms with Crippen molar-refractivity contribution in [3.05, 3.63) is 28.8 Å². The quantitative estimate of drug-likeness (QED) is 0.819. The van der Waals surface area contributed by atoms with Crippen LogP contribution in [0.5, 0.6) is 5.75 Å². The third-order valence-corrected chi connectivity index (χ3v) is 3.02. The van der Waals surface area contributed by atoms with Crippen LogP contribution < -0.4 is 16.2 Å². The van der Waals surface area contributed by atoms with Gasteiger partial charge in [0.25, 0.3) is 0 Å². The molecule has 1 aromatic rings. The summed E-state index contributed by atoms with van der Waals surface area (Å²) in [4.78, 5) is 0. The Bertz CT molecular complexity index is 361. The Labute approximate surface area is 97.8 Å². The summed E-state index contributed by atoms with van der Waals surface area (Å²) < 4.78 is 5.28. The summed E-state index contributed by atoms with van der Waals surface area (Å²) in [5, 5.41) is 0. The van der Waals surface area contributed by atoms with Crippen molar-refractivity contribution < 1.29 is 4.74 Å². The van der Waals surface area contributed by atoms with Gasteiger partial charge in [-0.15, -0.1) is 0 Å². The number of ether oxygens (including phenoxy) is 1. The van der Waals surface area contributed by atoms with Crippen LogP contribution in [-0.2, 0) is 0 Å². The van der Waals surface area contributed by atoms with Crippen LogP contribution >= 0.6 is 0 Å². The highest BCUT2D eigenvalue weighted by molar-refractivity contribution is 5.44. The molecule has 0 saturated heterocycles. The second-order valence-electron chi connectivity index (χ2n) is 4.43. The van der Waals surface area contributed by atoms with Gasteiger partial charge in [-0.25, -0.2) is 0 Å². The predicted molar refractivity (Wildman–Crippen MR) is 67.7 cm³/mol. The molecule has 0 spiro atoms. The standard InChI is InChI=1S/C13H22N2O/c1-8(14)7-12(15)11-5-6-13(16-4)10(3)9(11)2/h5-6,8,12H,7,14-15H2,1-4H3. The van der Waals surface area contributed by atoms with Crippen molar-refractivity contribution in [1.82, 2.24) is 0 Å². The Kier molecular flexibility index (Phi) is 4.33. The van der Waals surface area contributed by atoms with E-state index in [-0.39, 0.29) is 12.1 Å². The Morgan fingerprint density at radius 2 is 1.81 bits per heavy atom. The highest BCUT2D eigenvalue weighted by atomic mass is 16.5. The summed E-state index contributed by atoms with van der Waals surface area (Å²) in [6.45, 7) is 6.11. The van der Waals surface area contributed by atoms with E-state index >= 15 is 0 Å². The maximum absolute atomic E-state index is 6.14. The molecule has 3 heteroatoms. The van der Waals surface area contributed by atoms with E-state index in [0.29, 0.717) is 0 Å². The van der Waals surface area contributed by atoms with Crippen LogP contribution in [0, 0.1) is 13.8 Å². The predicted octanol–water partition coefficient (Wildman–Crippen LogP) is 2.05. The molecule has 0 aliphatic carbocycles. The lowest BCUT2D eigenvalue weighted by atomic mass is 9.94. The van der Waals surface area contributed by atoms with Crippen molar-refractivity contribution in [3.8, 4) is 5.75 Å². The Morgan fingerprint density at radius 3 is 2.31 bits per heavy atom. The smallest absolute Gasteiger partial charge is 0.122 e. The minimum absolute atomic E-state index is 0.00426. The van der Waals surface area contributed by atoms with E-state index in [1.807, 2.05) is 19.1 Å². The molecule has 16 heavy (non-hydrogen) atoms. The van der Waals surface area contributed by atoms with Gasteiger partial charge in [0.05, 0.1) is 7.11 Å². The average molecular weight is 222 g/mol. The topological polar surface area (TPSA) is 61.3 Å². The molecule has 0 aliphatic rings. The highest BCUT2D eigenvalue weighted by Crippen LogP contribution is 2.28. The van der Waals surface area contributed by atoms with E-state index < -0.39 is 0 Å². The largest absolute Gasteiger partial charge is 0.496 e. The lowest BCUT2D eigenvalue weighted by Gasteiger charge is -2.19. The van der Waals surface area contributed by atoms with Crippen LogP contribution in [-0.4, -0.2) is 13.2 Å². The zero-order valence-corrected chi connectivity index (χ0v) is 10.6. The van der Waals surface area contributed by atoms with Crippen LogP contribution in [0.15, 0.2) is 12.1 Å². The number of hydrogen-bond acceptors (Lipinski definition) is 3. The summed E-state index contributed by atoms with van der Waals surface area (Å²) in [5.41, 5.74) is 15.4. The molecule has 0 aromatic heterocycles. The van der Waals surface area contributed by atoms with Crippen molar-refractivity contribution in [2.75, 3.05) is 7.11 Å². The molecule has 0 aliphatic heterocycles. The second-order valence-corrected chi connectivity index (χ2v) is 4.43. The summed E-state index contributed by atoms with van der Waals surface area (Å²) in [6, 6.07) is 4.13. The van der Waals surface area contributed by atoms with Crippen LogP contribution in [0.4, 0.5) is 0 Å². The van der Waals surface area contributed by atoms with Crippen molar-refractivity contribution >= 4 is 0 Å². The van der Waals surface area contributed by atoms with Gasteiger partial charge in [-0.2, -0.15) is 0 Å². The van der Waals surface area contributed by atoms with Crippen LogP contribution in [0.3, 0.4) is 0 Å². The average Bonchev–Trinajstić information content (AvgIpc) is 2.20. The number of rotatable bonds is 4. The number of nitrogens with two attached hydrogens (primary N) is 2. The first-order valence-electron chi connectivity index (χ1n) is 5.62. The maximum atomic E-state index is 6.14. The van der Waals surface area contributed by atoms with Crippen molar-refractivity contribution in [1.29, 1.82) is 0 Å². The van der Waals surface area contributed by atoms with Gasteiger partial charge in [0.15, 0.2) is 0 Å². The zero-order valence-electron chi connectivity index (χ0n) is 10.6. The van der Waals surface area contributed by atoms with Crippen LogP contribution in [0.1, 0.15) is 36.1 Å². The molecule has 1 aromatic carbocycles. The molecule has 0 bridgehead atoms. The number of methoxy groups -OCH3 is 1. The van der Waals surface area contributed by atoms with Gasteiger partial charge in [0.2, 0.25) is 0 Å². The summed E-state index contributed by atoms with van der Waals surface area (Å²) in [6.07, 6.45) is 0.798. The molecular formula is C13H22N2O. The van der Waals surface area contributed by atoms with Crippen LogP contribution in [0.25, 0.3) is 0 Å². The molecule has 0 heterocycles. The van der Waals surface area contributed by atoms with Gasteiger partial charge in [0, 0.05) is 12.1 Å². The Hall–Kier alpha value is -1.06. The second kappa shape index (κ2) is 5.32. The number of hydrogen-bond donors (Lipinski definition) is 2. The molecule has 2 atom stereocenters. The Balaban J connectivity index is 3.02. The first-order chi connectivity index (χ1) is 7.47. The van der Waals surface area contributed by atoms with Gasteiger partial charge < -0.3 is 16.2 Å². The lowest BCUT2D eigenvalue weighted by Crippen LogP contribution is -2.23. The molecular weight excluding hydrogens is 200 g/mol. The maximum Gasteiger partial charge on any atom is 0.122 e. The normalized spacial score (nSPS) is 14.6. The minimum atomic E-state index is 0.00426. The van der Waals surface area contributed by atoms with Gasteiger partial charge in [-0.05, 0) is 49.9 Å². The van der Waals surface area contributed by atoms with E-state index in [4.69, 9.17) is 16.2 Å². The molecule has 0 fully saturated rings. The van der Waals surface area contributed by atoms with Crippen molar-refractivity contribution in [3.63, 3.8) is 0 Å². The molecule has 0 amide bonds. The van der Waals surface area contributed by atoms with E-state index in [1.165, 1.54) is 5.56 Å². The van der Waals surface area contributed by atoms with E-state index in [2.05, 4.69) is 13.8 Å². The first kappa shape index (κ1) is 13.0. The molecule has 3 nitrogen and oxygen atoms in total. The van der Waals surface area contributed by atoms with Gasteiger partial charge in [-0.1, -0.05) is 6.07 Å². The summed E-state index contributed by atoms with van der Waals surface area (Å²) in [7, 11) is 1.68. The summed E-state index contributed by atoms with van der Waals surface area (Å²) in [5.74, 6) is 0.911. The van der Waals surface area contributed by atoms with E-state index in [9.17, 15) is 0 Å². The van der Waals surface area contributed by atoms with Gasteiger partial charge in [-0.3, -0.25) is 0 Å². The first-order valence-corrected chi connectivity index (χ1v) is 5.62. The summed E-state index contributed by atoms with van der Waals surface area (Å²) >= 11 is 0. The molecule has 90 valence electrons. The van der Waals surface area contributed by atoms with E-state index in [1.54, 1.807) is 7.11 Å². The molecule has 4 N–H and O–H groups in total. The fraction of sp³-hybridized carbons (Fsp3) is 0.538. The van der Waals surface area contributed by atoms with Crippen LogP contribution in [0.2, 0.25) is 0 Å². The molecule has 0 radical (unpaired) electrons. The van der Waals surface area contributed by atoms with Crippen molar-refractivity contribution in [2.24, 2.45) is 11.5 Å². The zero-order chi connectivity index (χ0) is 12.3. The molecule has 0 saturated carbocycles. The monoisotopic (exact) mass is 222 g/mol. The Morgan fingerprint density at radius 1 is 1.19 bits per heavy atom. The third kappa shape index (κ3) is 2.74. The third-order valence-electron chi connectivity index (χ3n) is 3.02.